The molecule has 0 atom stereocenters. The fourth-order valence-electron chi connectivity index (χ4n) is 3.72. The molecule has 0 spiro atoms. The molecule has 0 bridgehead atoms. The third-order valence-electron chi connectivity index (χ3n) is 5.32. The molecule has 0 saturated heterocycles. The lowest BCUT2D eigenvalue weighted by molar-refractivity contribution is 0.202. The number of rotatable bonds is 5. The largest absolute Gasteiger partial charge is 0.493 e. The lowest BCUT2D eigenvalue weighted by Crippen LogP contribution is -2.41. The van der Waals surface area contributed by atoms with Crippen LogP contribution in [0.25, 0.3) is 16.5 Å². The Bertz CT molecular complexity index is 1050. The maximum atomic E-state index is 12.6. The first kappa shape index (κ1) is 18.9. The van der Waals surface area contributed by atoms with E-state index in [1.165, 1.54) is 16.5 Å². The van der Waals surface area contributed by atoms with Gasteiger partial charge in [-0.25, -0.2) is 4.79 Å². The minimum atomic E-state index is -0.0611. The Kier molecular flexibility index (Phi) is 5.42. The van der Waals surface area contributed by atoms with Crippen molar-refractivity contribution < 1.29 is 14.3 Å². The van der Waals surface area contributed by atoms with Gasteiger partial charge in [-0.2, -0.15) is 0 Å². The highest BCUT2D eigenvalue weighted by Gasteiger charge is 2.19. The number of methoxy groups -OCH3 is 2. The van der Waals surface area contributed by atoms with Gasteiger partial charge < -0.3 is 24.7 Å². The average molecular weight is 391 g/mol. The van der Waals surface area contributed by atoms with Crippen LogP contribution in [0.5, 0.6) is 11.5 Å². The van der Waals surface area contributed by atoms with Crippen LogP contribution in [0.1, 0.15) is 17.5 Å². The first-order chi connectivity index (χ1) is 14.2. The number of aromatic nitrogens is 1. The minimum Gasteiger partial charge on any atom is -0.493 e. The molecule has 150 valence electrons. The number of benzene rings is 2. The Morgan fingerprint density at radius 2 is 1.97 bits per heavy atom. The van der Waals surface area contributed by atoms with Gasteiger partial charge in [0.2, 0.25) is 0 Å². The number of urea groups is 1. The second-order valence-electron chi connectivity index (χ2n) is 7.02. The van der Waals surface area contributed by atoms with Gasteiger partial charge >= 0.3 is 6.03 Å². The molecule has 1 aliphatic rings. The first-order valence-electron chi connectivity index (χ1n) is 9.69. The van der Waals surface area contributed by atoms with Gasteiger partial charge in [0, 0.05) is 42.3 Å². The van der Waals surface area contributed by atoms with Gasteiger partial charge in [0.25, 0.3) is 0 Å². The van der Waals surface area contributed by atoms with Gasteiger partial charge in [-0.1, -0.05) is 30.3 Å². The van der Waals surface area contributed by atoms with Crippen molar-refractivity contribution in [1.82, 2.24) is 15.2 Å². The Labute approximate surface area is 170 Å². The molecule has 0 saturated carbocycles. The highest BCUT2D eigenvalue weighted by Crippen LogP contribution is 2.29. The van der Waals surface area contributed by atoms with Crippen molar-refractivity contribution in [3.05, 3.63) is 65.9 Å². The molecule has 0 fully saturated rings. The fourth-order valence-corrected chi connectivity index (χ4v) is 3.72. The lowest BCUT2D eigenvalue weighted by Gasteiger charge is -2.26. The number of hydrogen-bond acceptors (Lipinski definition) is 3. The highest BCUT2D eigenvalue weighted by atomic mass is 16.5. The normalized spacial score (nSPS) is 13.9. The molecule has 1 aromatic heterocycles. The second kappa shape index (κ2) is 8.31. The van der Waals surface area contributed by atoms with Crippen molar-refractivity contribution in [3.8, 4) is 11.5 Å². The zero-order valence-corrected chi connectivity index (χ0v) is 16.7. The van der Waals surface area contributed by atoms with Crippen LogP contribution in [-0.2, 0) is 6.54 Å². The number of para-hydroxylation sites is 1. The minimum absolute atomic E-state index is 0.0611. The SMILES string of the molecule is COc1ccc(CNC(=O)N2CC=C(c3c[nH]c4ccccc34)CC2)cc1OC. The molecule has 0 aliphatic carbocycles. The van der Waals surface area contributed by atoms with Gasteiger partial charge in [-0.15, -0.1) is 0 Å². The maximum Gasteiger partial charge on any atom is 0.317 e. The van der Waals surface area contributed by atoms with Crippen molar-refractivity contribution in [2.75, 3.05) is 27.3 Å². The number of carbonyl (C=O) groups is 1. The molecule has 2 amide bonds. The molecule has 2 aromatic carbocycles. The highest BCUT2D eigenvalue weighted by molar-refractivity contribution is 5.93. The average Bonchev–Trinajstić information content (AvgIpc) is 3.21. The molecule has 2 heterocycles. The molecular weight excluding hydrogens is 366 g/mol. The number of nitrogens with zero attached hydrogens (tertiary/aromatic N) is 1. The van der Waals surface area contributed by atoms with Crippen LogP contribution in [0.15, 0.2) is 54.7 Å². The predicted molar refractivity (Wildman–Crippen MR) is 114 cm³/mol. The number of fused-ring (bicyclic) bond motifs is 1. The van der Waals surface area contributed by atoms with Gasteiger partial charge in [-0.05, 0) is 35.8 Å². The molecule has 4 rings (SSSR count). The summed E-state index contributed by atoms with van der Waals surface area (Å²) in [7, 11) is 3.21. The van der Waals surface area contributed by atoms with Crippen molar-refractivity contribution in [1.29, 1.82) is 0 Å². The quantitative estimate of drug-likeness (QED) is 0.686. The summed E-state index contributed by atoms with van der Waals surface area (Å²) in [5, 5.41) is 4.22. The maximum absolute atomic E-state index is 12.6. The summed E-state index contributed by atoms with van der Waals surface area (Å²) in [5.41, 5.74) is 4.61. The van der Waals surface area contributed by atoms with E-state index in [0.717, 1.165) is 17.5 Å². The van der Waals surface area contributed by atoms with Crippen LogP contribution >= 0.6 is 0 Å². The van der Waals surface area contributed by atoms with Crippen LogP contribution in [0, 0.1) is 0 Å². The zero-order valence-electron chi connectivity index (χ0n) is 16.7. The molecule has 1 aliphatic heterocycles. The molecular formula is C23H25N3O3. The summed E-state index contributed by atoms with van der Waals surface area (Å²) in [6.07, 6.45) is 5.05. The smallest absolute Gasteiger partial charge is 0.317 e. The number of hydrogen-bond donors (Lipinski definition) is 2. The summed E-state index contributed by atoms with van der Waals surface area (Å²) in [5.74, 6) is 1.33. The topological polar surface area (TPSA) is 66.6 Å². The summed E-state index contributed by atoms with van der Waals surface area (Å²) in [4.78, 5) is 17.7. The zero-order chi connectivity index (χ0) is 20.2. The van der Waals surface area contributed by atoms with Crippen LogP contribution in [0.4, 0.5) is 4.79 Å². The van der Waals surface area contributed by atoms with E-state index in [2.05, 4.69) is 40.8 Å². The number of aromatic amines is 1. The Morgan fingerprint density at radius 3 is 2.72 bits per heavy atom. The molecule has 0 radical (unpaired) electrons. The number of nitrogens with one attached hydrogen (secondary N) is 2. The van der Waals surface area contributed by atoms with Gasteiger partial charge in [-0.3, -0.25) is 0 Å². The Morgan fingerprint density at radius 1 is 1.14 bits per heavy atom. The Hall–Kier alpha value is -3.41. The van der Waals surface area contributed by atoms with E-state index < -0.39 is 0 Å². The van der Waals surface area contributed by atoms with E-state index in [0.29, 0.717) is 31.1 Å². The number of amides is 2. The molecule has 2 N–H and O–H groups in total. The van der Waals surface area contributed by atoms with Gasteiger partial charge in [0.05, 0.1) is 14.2 Å². The summed E-state index contributed by atoms with van der Waals surface area (Å²) < 4.78 is 10.6. The number of ether oxygens (including phenoxy) is 2. The standard InChI is InChI=1S/C23H25N3O3/c1-28-21-8-7-16(13-22(21)29-2)14-25-23(27)26-11-9-17(10-12-26)19-15-24-20-6-4-3-5-18(19)20/h3-9,13,15,24H,10-12,14H2,1-2H3,(H,25,27). The van der Waals surface area contributed by atoms with E-state index in [1.54, 1.807) is 14.2 Å². The van der Waals surface area contributed by atoms with Crippen LogP contribution in [0.2, 0.25) is 0 Å². The summed E-state index contributed by atoms with van der Waals surface area (Å²) >= 11 is 0. The van der Waals surface area contributed by atoms with Crippen LogP contribution in [-0.4, -0.2) is 43.2 Å². The fraction of sp³-hybridized carbons (Fsp3) is 0.261. The van der Waals surface area contributed by atoms with E-state index >= 15 is 0 Å². The number of carbonyl (C=O) groups excluding carboxylic acids is 1. The van der Waals surface area contributed by atoms with E-state index in [9.17, 15) is 4.79 Å². The molecule has 0 unspecified atom stereocenters. The summed E-state index contributed by atoms with van der Waals surface area (Å²) in [6, 6.07) is 13.9. The van der Waals surface area contributed by atoms with E-state index in [4.69, 9.17) is 9.47 Å². The third kappa shape index (κ3) is 3.92. The van der Waals surface area contributed by atoms with Crippen molar-refractivity contribution >= 4 is 22.5 Å². The predicted octanol–water partition coefficient (Wildman–Crippen LogP) is 4.18. The first-order valence-corrected chi connectivity index (χ1v) is 9.69. The number of H-pyrrole nitrogens is 1. The lowest BCUT2D eigenvalue weighted by atomic mass is 9.99. The van der Waals surface area contributed by atoms with Crippen molar-refractivity contribution in [3.63, 3.8) is 0 Å². The summed E-state index contributed by atoms with van der Waals surface area (Å²) in [6.45, 7) is 1.74. The molecule has 6 nitrogen and oxygen atoms in total. The monoisotopic (exact) mass is 391 g/mol. The van der Waals surface area contributed by atoms with Crippen molar-refractivity contribution in [2.45, 2.75) is 13.0 Å². The Balaban J connectivity index is 1.38. The molecule has 29 heavy (non-hydrogen) atoms. The second-order valence-corrected chi connectivity index (χ2v) is 7.02. The third-order valence-corrected chi connectivity index (χ3v) is 5.32. The van der Waals surface area contributed by atoms with Crippen LogP contribution < -0.4 is 14.8 Å². The van der Waals surface area contributed by atoms with Crippen LogP contribution in [0.3, 0.4) is 0 Å². The molecule has 6 heteroatoms. The van der Waals surface area contributed by atoms with Gasteiger partial charge in [0.15, 0.2) is 11.5 Å². The van der Waals surface area contributed by atoms with E-state index in [1.807, 2.05) is 29.2 Å². The van der Waals surface area contributed by atoms with Gasteiger partial charge in [0.1, 0.15) is 0 Å². The van der Waals surface area contributed by atoms with E-state index in [-0.39, 0.29) is 6.03 Å². The molecule has 3 aromatic rings. The van der Waals surface area contributed by atoms with Crippen molar-refractivity contribution in [2.24, 2.45) is 0 Å².